The number of carbonyl (C=O) groups is 1. The fraction of sp³-hybridized carbons (Fsp3) is 0.321. The smallest absolute Gasteiger partial charge is 0.264 e. The molecule has 6 nitrogen and oxygen atoms in total. The number of hydrogen-bond donors (Lipinski definition) is 0. The predicted octanol–water partition coefficient (Wildman–Crippen LogP) is 6.46. The summed E-state index contributed by atoms with van der Waals surface area (Å²) in [5.74, 6) is -1.11. The third kappa shape index (κ3) is 7.02. The van der Waals surface area contributed by atoms with Crippen molar-refractivity contribution in [2.24, 2.45) is 5.92 Å². The fourth-order valence-electron chi connectivity index (χ4n) is 3.93. The van der Waals surface area contributed by atoms with E-state index in [2.05, 4.69) is 0 Å². The van der Waals surface area contributed by atoms with Crippen molar-refractivity contribution in [2.45, 2.75) is 38.1 Å². The molecule has 0 aromatic heterocycles. The maximum atomic E-state index is 15.0. The van der Waals surface area contributed by atoms with Gasteiger partial charge in [0.05, 0.1) is 23.2 Å². The van der Waals surface area contributed by atoms with Gasteiger partial charge in [0.15, 0.2) is 0 Å². The van der Waals surface area contributed by atoms with Crippen LogP contribution in [-0.2, 0) is 14.8 Å². The first kappa shape index (κ1) is 29.4. The van der Waals surface area contributed by atoms with Crippen molar-refractivity contribution in [2.75, 3.05) is 24.5 Å². The zero-order valence-electron chi connectivity index (χ0n) is 21.7. The number of likely N-dealkylation sites (N-methyl/N-ethyl adjacent to an activating group) is 1. The molecule has 3 rings (SSSR count). The minimum Gasteiger partial charge on any atom is -0.491 e. The van der Waals surface area contributed by atoms with Crippen LogP contribution in [0.4, 0.5) is 14.5 Å². The Morgan fingerprint density at radius 3 is 2.32 bits per heavy atom. The van der Waals surface area contributed by atoms with Crippen LogP contribution >= 0.6 is 11.6 Å². The van der Waals surface area contributed by atoms with E-state index in [1.165, 1.54) is 24.3 Å². The number of halogens is 3. The summed E-state index contributed by atoms with van der Waals surface area (Å²) in [6.45, 7) is 5.97. The molecule has 0 heterocycles. The van der Waals surface area contributed by atoms with Gasteiger partial charge in [0.1, 0.15) is 24.0 Å². The molecule has 1 amide bonds. The van der Waals surface area contributed by atoms with Gasteiger partial charge in [0.2, 0.25) is 5.91 Å². The van der Waals surface area contributed by atoms with Crippen LogP contribution in [0.3, 0.4) is 0 Å². The van der Waals surface area contributed by atoms with Gasteiger partial charge in [-0.2, -0.15) is 0 Å². The van der Waals surface area contributed by atoms with E-state index in [4.69, 9.17) is 16.3 Å². The Balaban J connectivity index is 1.98. The number of hydrogen-bond acceptors (Lipinski definition) is 4. The first-order chi connectivity index (χ1) is 17.9. The summed E-state index contributed by atoms with van der Waals surface area (Å²) >= 11 is 5.94. The highest BCUT2D eigenvalue weighted by atomic mass is 35.5. The van der Waals surface area contributed by atoms with Crippen LogP contribution in [0.15, 0.2) is 71.6 Å². The van der Waals surface area contributed by atoms with E-state index >= 15 is 4.39 Å². The van der Waals surface area contributed by atoms with Crippen molar-refractivity contribution in [3.05, 3.63) is 89.0 Å². The topological polar surface area (TPSA) is 66.9 Å². The van der Waals surface area contributed by atoms with Crippen molar-refractivity contribution >= 4 is 33.2 Å². The number of nitrogens with zero attached hydrogens (tertiary/aromatic N) is 2. The molecule has 0 aliphatic rings. The van der Waals surface area contributed by atoms with Crippen LogP contribution in [0, 0.1) is 17.6 Å². The van der Waals surface area contributed by atoms with Crippen LogP contribution < -0.4 is 9.04 Å². The third-order valence-electron chi connectivity index (χ3n) is 5.93. The Morgan fingerprint density at radius 2 is 1.66 bits per heavy atom. The molecule has 10 heteroatoms. The van der Waals surface area contributed by atoms with E-state index in [1.807, 2.05) is 13.8 Å². The van der Waals surface area contributed by atoms with Crippen LogP contribution in [0.1, 0.15) is 38.8 Å². The van der Waals surface area contributed by atoms with Gasteiger partial charge in [-0.25, -0.2) is 17.2 Å². The van der Waals surface area contributed by atoms with Crippen molar-refractivity contribution in [1.82, 2.24) is 4.90 Å². The number of sulfonamides is 1. The van der Waals surface area contributed by atoms with E-state index in [1.54, 1.807) is 43.1 Å². The number of amides is 1. The summed E-state index contributed by atoms with van der Waals surface area (Å²) in [7, 11) is -2.68. The quantitative estimate of drug-likeness (QED) is 0.268. The van der Waals surface area contributed by atoms with E-state index in [-0.39, 0.29) is 23.3 Å². The minimum absolute atomic E-state index is 0.00735. The van der Waals surface area contributed by atoms with Gasteiger partial charge in [0, 0.05) is 30.1 Å². The van der Waals surface area contributed by atoms with E-state index in [0.717, 1.165) is 22.5 Å². The lowest BCUT2D eigenvalue weighted by atomic mass is 10.1. The first-order valence-corrected chi connectivity index (χ1v) is 13.9. The second kappa shape index (κ2) is 12.6. The second-order valence-corrected chi connectivity index (χ2v) is 11.6. The molecule has 3 aromatic rings. The SMILES string of the molecule is CC(C)CC(=O)N(C)CCOc1ccccc1C(C)N(c1cc(F)ccc1F)S(=O)(=O)c1ccc(Cl)cc1. The van der Waals surface area contributed by atoms with Crippen molar-refractivity contribution in [3.8, 4) is 5.75 Å². The second-order valence-electron chi connectivity index (χ2n) is 9.33. The Morgan fingerprint density at radius 1 is 1.00 bits per heavy atom. The van der Waals surface area contributed by atoms with E-state index in [0.29, 0.717) is 29.3 Å². The van der Waals surface area contributed by atoms with Gasteiger partial charge in [-0.15, -0.1) is 0 Å². The van der Waals surface area contributed by atoms with Crippen LogP contribution in [0.25, 0.3) is 0 Å². The number of rotatable bonds is 11. The average molecular weight is 565 g/mol. The van der Waals surface area contributed by atoms with Crippen molar-refractivity contribution in [1.29, 1.82) is 0 Å². The number of carbonyl (C=O) groups excluding carboxylic acids is 1. The summed E-state index contributed by atoms with van der Waals surface area (Å²) in [6, 6.07) is 13.8. The molecule has 204 valence electrons. The number of para-hydroxylation sites is 1. The molecule has 1 atom stereocenters. The molecule has 0 fully saturated rings. The highest BCUT2D eigenvalue weighted by Crippen LogP contribution is 2.38. The lowest BCUT2D eigenvalue weighted by Crippen LogP contribution is -2.35. The van der Waals surface area contributed by atoms with Crippen molar-refractivity contribution in [3.63, 3.8) is 0 Å². The minimum atomic E-state index is -4.37. The molecule has 0 saturated carbocycles. The number of benzene rings is 3. The molecular formula is C28H31ClF2N2O4S. The molecule has 1 unspecified atom stereocenters. The number of anilines is 1. The van der Waals surface area contributed by atoms with Gasteiger partial charge in [-0.3, -0.25) is 9.10 Å². The molecule has 0 spiro atoms. The fourth-order valence-corrected chi connectivity index (χ4v) is 5.69. The third-order valence-corrected chi connectivity index (χ3v) is 8.08. The largest absolute Gasteiger partial charge is 0.491 e. The summed E-state index contributed by atoms with van der Waals surface area (Å²) in [5, 5.41) is 0.330. The van der Waals surface area contributed by atoms with Gasteiger partial charge >= 0.3 is 0 Å². The lowest BCUT2D eigenvalue weighted by molar-refractivity contribution is -0.130. The predicted molar refractivity (Wildman–Crippen MR) is 145 cm³/mol. The Kier molecular flexibility index (Phi) is 9.73. The molecular weight excluding hydrogens is 534 g/mol. The molecule has 0 N–H and O–H groups in total. The Hall–Kier alpha value is -3.17. The summed E-state index contributed by atoms with van der Waals surface area (Å²) < 4.78 is 63.6. The van der Waals surface area contributed by atoms with Gasteiger partial charge < -0.3 is 9.64 Å². The molecule has 38 heavy (non-hydrogen) atoms. The zero-order valence-corrected chi connectivity index (χ0v) is 23.3. The van der Waals surface area contributed by atoms with E-state index < -0.39 is 33.4 Å². The van der Waals surface area contributed by atoms with Gasteiger partial charge in [-0.05, 0) is 55.3 Å². The highest BCUT2D eigenvalue weighted by molar-refractivity contribution is 7.92. The standard InChI is InChI=1S/C28H31ClF2N2O4S/c1-19(2)17-28(34)32(4)15-16-37-27-8-6-5-7-24(27)20(3)33(26-18-22(30)11-14-25(26)31)38(35,36)23-12-9-21(29)10-13-23/h5-14,18-20H,15-17H2,1-4H3. The Bertz CT molecular complexity index is 1370. The maximum Gasteiger partial charge on any atom is 0.264 e. The average Bonchev–Trinajstić information content (AvgIpc) is 2.86. The molecule has 0 aliphatic carbocycles. The molecule has 3 aromatic carbocycles. The first-order valence-electron chi connectivity index (χ1n) is 12.1. The molecule has 0 radical (unpaired) electrons. The Labute approximate surface area is 227 Å². The molecule has 0 aliphatic heterocycles. The molecule has 0 saturated heterocycles. The summed E-state index contributed by atoms with van der Waals surface area (Å²) in [5.41, 5.74) is -0.00821. The lowest BCUT2D eigenvalue weighted by Gasteiger charge is -2.32. The monoisotopic (exact) mass is 564 g/mol. The van der Waals surface area contributed by atoms with Crippen LogP contribution in [0.2, 0.25) is 5.02 Å². The van der Waals surface area contributed by atoms with Crippen LogP contribution in [0.5, 0.6) is 5.75 Å². The van der Waals surface area contributed by atoms with E-state index in [9.17, 15) is 17.6 Å². The normalized spacial score (nSPS) is 12.3. The maximum absolute atomic E-state index is 15.0. The van der Waals surface area contributed by atoms with Gasteiger partial charge in [-0.1, -0.05) is 43.6 Å². The number of ether oxygens (including phenoxy) is 1. The zero-order chi connectivity index (χ0) is 28.0. The summed E-state index contributed by atoms with van der Waals surface area (Å²) in [4.78, 5) is 13.7. The summed E-state index contributed by atoms with van der Waals surface area (Å²) in [6.07, 6.45) is 0.417. The van der Waals surface area contributed by atoms with Gasteiger partial charge in [0.25, 0.3) is 10.0 Å². The van der Waals surface area contributed by atoms with Crippen LogP contribution in [-0.4, -0.2) is 39.4 Å². The van der Waals surface area contributed by atoms with Crippen molar-refractivity contribution < 1.29 is 26.7 Å². The molecule has 0 bridgehead atoms. The highest BCUT2D eigenvalue weighted by Gasteiger charge is 2.34.